The standard InChI is InChI=1S/C19H23NO6/c1-23-16-8-6-13(11-17(16)24-2)15(12-19(22)25-3)20-18(21)9-7-14-5-4-10-26-14/h4-6,8,10-11,15H,7,9,12H2,1-3H3,(H,20,21)/t15-/m0/s1. The Morgan fingerprint density at radius 2 is 1.88 bits per heavy atom. The predicted octanol–water partition coefficient (Wildman–Crippen LogP) is 2.65. The van der Waals surface area contributed by atoms with Gasteiger partial charge in [-0.2, -0.15) is 0 Å². The van der Waals surface area contributed by atoms with E-state index in [1.54, 1.807) is 37.6 Å². The van der Waals surface area contributed by atoms with Crippen molar-refractivity contribution < 1.29 is 28.2 Å². The van der Waals surface area contributed by atoms with Crippen LogP contribution in [-0.4, -0.2) is 33.2 Å². The topological polar surface area (TPSA) is 87.0 Å². The van der Waals surface area contributed by atoms with Crippen LogP contribution in [0.1, 0.15) is 30.2 Å². The predicted molar refractivity (Wildman–Crippen MR) is 94.1 cm³/mol. The molecule has 0 fully saturated rings. The van der Waals surface area contributed by atoms with Crippen molar-refractivity contribution in [3.63, 3.8) is 0 Å². The van der Waals surface area contributed by atoms with E-state index in [1.807, 2.05) is 6.07 Å². The molecule has 0 saturated heterocycles. The highest BCUT2D eigenvalue weighted by atomic mass is 16.5. The van der Waals surface area contributed by atoms with Crippen molar-refractivity contribution in [3.05, 3.63) is 47.9 Å². The zero-order valence-electron chi connectivity index (χ0n) is 15.1. The molecule has 1 N–H and O–H groups in total. The number of aryl methyl sites for hydroxylation is 1. The highest BCUT2D eigenvalue weighted by Gasteiger charge is 2.20. The summed E-state index contributed by atoms with van der Waals surface area (Å²) in [5.41, 5.74) is 0.722. The van der Waals surface area contributed by atoms with E-state index in [2.05, 4.69) is 5.32 Å². The first-order valence-electron chi connectivity index (χ1n) is 8.17. The van der Waals surface area contributed by atoms with Crippen molar-refractivity contribution in [1.29, 1.82) is 0 Å². The molecule has 2 aromatic rings. The Labute approximate surface area is 152 Å². The van der Waals surface area contributed by atoms with E-state index in [4.69, 9.17) is 18.6 Å². The third-order valence-corrected chi connectivity index (χ3v) is 3.92. The van der Waals surface area contributed by atoms with Crippen molar-refractivity contribution in [2.75, 3.05) is 21.3 Å². The summed E-state index contributed by atoms with van der Waals surface area (Å²) in [6, 6.07) is 8.30. The third kappa shape index (κ3) is 5.27. The number of carbonyl (C=O) groups excluding carboxylic acids is 2. The van der Waals surface area contributed by atoms with Gasteiger partial charge in [0.2, 0.25) is 5.91 Å². The van der Waals surface area contributed by atoms with E-state index in [9.17, 15) is 9.59 Å². The molecule has 26 heavy (non-hydrogen) atoms. The van der Waals surface area contributed by atoms with Gasteiger partial charge in [-0.1, -0.05) is 6.07 Å². The number of benzene rings is 1. The largest absolute Gasteiger partial charge is 0.493 e. The van der Waals surface area contributed by atoms with Crippen LogP contribution in [0.5, 0.6) is 11.5 Å². The van der Waals surface area contributed by atoms with Gasteiger partial charge < -0.3 is 23.9 Å². The molecule has 1 aromatic heterocycles. The van der Waals surface area contributed by atoms with E-state index in [0.717, 1.165) is 11.3 Å². The number of amides is 1. The molecule has 1 amide bonds. The summed E-state index contributed by atoms with van der Waals surface area (Å²) in [6.07, 6.45) is 2.31. The minimum atomic E-state index is -0.536. The first-order valence-corrected chi connectivity index (χ1v) is 8.17. The highest BCUT2D eigenvalue weighted by Crippen LogP contribution is 2.31. The zero-order valence-corrected chi connectivity index (χ0v) is 15.1. The fraction of sp³-hybridized carbons (Fsp3) is 0.368. The van der Waals surface area contributed by atoms with Gasteiger partial charge in [-0.25, -0.2) is 0 Å². The molecule has 0 radical (unpaired) electrons. The van der Waals surface area contributed by atoms with Gasteiger partial charge in [-0.3, -0.25) is 9.59 Å². The molecule has 0 unspecified atom stereocenters. The van der Waals surface area contributed by atoms with Crippen LogP contribution in [0, 0.1) is 0 Å². The Balaban J connectivity index is 2.12. The number of esters is 1. The van der Waals surface area contributed by atoms with Crippen LogP contribution >= 0.6 is 0 Å². The molecule has 1 heterocycles. The van der Waals surface area contributed by atoms with Crippen molar-refractivity contribution in [2.24, 2.45) is 0 Å². The minimum Gasteiger partial charge on any atom is -0.493 e. The molecular formula is C19H23NO6. The number of ether oxygens (including phenoxy) is 3. The minimum absolute atomic E-state index is 0.0124. The third-order valence-electron chi connectivity index (χ3n) is 3.92. The molecule has 0 saturated carbocycles. The summed E-state index contributed by atoms with van der Waals surface area (Å²) in [5, 5.41) is 2.87. The molecule has 0 spiro atoms. The second-order valence-corrected chi connectivity index (χ2v) is 5.59. The van der Waals surface area contributed by atoms with Gasteiger partial charge in [0.25, 0.3) is 0 Å². The first kappa shape index (κ1) is 19.4. The fourth-order valence-corrected chi connectivity index (χ4v) is 2.53. The molecule has 0 aliphatic carbocycles. The quantitative estimate of drug-likeness (QED) is 0.691. The van der Waals surface area contributed by atoms with Gasteiger partial charge in [0.1, 0.15) is 5.76 Å². The Hall–Kier alpha value is -2.96. The van der Waals surface area contributed by atoms with Crippen molar-refractivity contribution in [1.82, 2.24) is 5.32 Å². The normalized spacial score (nSPS) is 11.5. The number of methoxy groups -OCH3 is 3. The lowest BCUT2D eigenvalue weighted by molar-refractivity contribution is -0.141. The Kier molecular flexibility index (Phi) is 7.08. The molecule has 0 aliphatic heterocycles. The summed E-state index contributed by atoms with van der Waals surface area (Å²) in [5.74, 6) is 1.21. The maximum Gasteiger partial charge on any atom is 0.307 e. The van der Waals surface area contributed by atoms with Crippen molar-refractivity contribution in [3.8, 4) is 11.5 Å². The molecule has 7 heteroatoms. The number of carbonyl (C=O) groups is 2. The summed E-state index contributed by atoms with van der Waals surface area (Å²) in [6.45, 7) is 0. The Morgan fingerprint density at radius 3 is 2.50 bits per heavy atom. The molecule has 140 valence electrons. The number of nitrogens with one attached hydrogen (secondary N) is 1. The number of furan rings is 1. The molecule has 1 aromatic carbocycles. The number of rotatable bonds is 9. The lowest BCUT2D eigenvalue weighted by atomic mass is 10.0. The van der Waals surface area contributed by atoms with Crippen LogP contribution in [0.2, 0.25) is 0 Å². The van der Waals surface area contributed by atoms with Crippen LogP contribution in [0.15, 0.2) is 41.0 Å². The van der Waals surface area contributed by atoms with E-state index in [1.165, 1.54) is 14.2 Å². The van der Waals surface area contributed by atoms with Gasteiger partial charge in [-0.05, 0) is 29.8 Å². The molecule has 7 nitrogen and oxygen atoms in total. The summed E-state index contributed by atoms with van der Waals surface area (Å²) < 4.78 is 20.5. The SMILES string of the molecule is COC(=O)C[C@H](NC(=O)CCc1ccco1)c1ccc(OC)c(OC)c1. The molecule has 0 bridgehead atoms. The molecular weight excluding hydrogens is 338 g/mol. The van der Waals surface area contributed by atoms with Gasteiger partial charge in [-0.15, -0.1) is 0 Å². The Bertz CT molecular complexity index is 726. The average molecular weight is 361 g/mol. The van der Waals surface area contributed by atoms with Crippen molar-refractivity contribution >= 4 is 11.9 Å². The van der Waals surface area contributed by atoms with E-state index >= 15 is 0 Å². The molecule has 1 atom stereocenters. The fourth-order valence-electron chi connectivity index (χ4n) is 2.53. The van der Waals surface area contributed by atoms with Crippen LogP contribution in [0.4, 0.5) is 0 Å². The van der Waals surface area contributed by atoms with E-state index in [-0.39, 0.29) is 18.7 Å². The average Bonchev–Trinajstić information content (AvgIpc) is 3.18. The lowest BCUT2D eigenvalue weighted by Gasteiger charge is -2.19. The maximum atomic E-state index is 12.3. The van der Waals surface area contributed by atoms with Gasteiger partial charge in [0.15, 0.2) is 11.5 Å². The smallest absolute Gasteiger partial charge is 0.307 e. The second-order valence-electron chi connectivity index (χ2n) is 5.59. The summed E-state index contributed by atoms with van der Waals surface area (Å²) in [7, 11) is 4.38. The van der Waals surface area contributed by atoms with E-state index < -0.39 is 12.0 Å². The summed E-state index contributed by atoms with van der Waals surface area (Å²) >= 11 is 0. The van der Waals surface area contributed by atoms with Crippen molar-refractivity contribution in [2.45, 2.75) is 25.3 Å². The monoisotopic (exact) mass is 361 g/mol. The highest BCUT2D eigenvalue weighted by molar-refractivity contribution is 5.78. The van der Waals surface area contributed by atoms with Crippen LogP contribution in [-0.2, 0) is 20.7 Å². The van der Waals surface area contributed by atoms with Crippen LogP contribution in [0.25, 0.3) is 0 Å². The molecule has 0 aliphatic rings. The Morgan fingerprint density at radius 1 is 1.12 bits per heavy atom. The zero-order chi connectivity index (χ0) is 18.9. The lowest BCUT2D eigenvalue weighted by Crippen LogP contribution is -2.30. The maximum absolute atomic E-state index is 12.3. The van der Waals surface area contributed by atoms with Crippen LogP contribution < -0.4 is 14.8 Å². The van der Waals surface area contributed by atoms with Gasteiger partial charge in [0.05, 0.1) is 40.1 Å². The first-order chi connectivity index (χ1) is 12.6. The number of hydrogen-bond donors (Lipinski definition) is 1. The molecule has 2 rings (SSSR count). The summed E-state index contributed by atoms with van der Waals surface area (Å²) in [4.78, 5) is 24.1. The van der Waals surface area contributed by atoms with Gasteiger partial charge in [0, 0.05) is 12.8 Å². The van der Waals surface area contributed by atoms with Gasteiger partial charge >= 0.3 is 5.97 Å². The number of hydrogen-bond acceptors (Lipinski definition) is 6. The van der Waals surface area contributed by atoms with Crippen LogP contribution in [0.3, 0.4) is 0 Å². The van der Waals surface area contributed by atoms with E-state index in [0.29, 0.717) is 17.9 Å². The second kappa shape index (κ2) is 9.50.